The summed E-state index contributed by atoms with van der Waals surface area (Å²) >= 11 is 0. The summed E-state index contributed by atoms with van der Waals surface area (Å²) in [4.78, 5) is 31.3. The number of methoxy groups -OCH3 is 1. The first-order valence-electron chi connectivity index (χ1n) is 13.3. The largest absolute Gasteiger partial charge is 0.457 e. The molecule has 1 atom stereocenters. The van der Waals surface area contributed by atoms with Crippen LogP contribution in [-0.2, 0) is 27.3 Å². The van der Waals surface area contributed by atoms with Crippen LogP contribution in [0, 0.1) is 0 Å². The van der Waals surface area contributed by atoms with Crippen molar-refractivity contribution in [1.82, 2.24) is 15.1 Å². The Labute approximate surface area is 224 Å². The SMILES string of the molecule is COCCN1C(=O)C(Cc2ccccc2)NC(=O)C12CCN(Cc1ccc(Oc3ccccc3)cc1)CC2. The number of para-hydroxylation sites is 1. The number of likely N-dealkylation sites (tertiary alicyclic amines) is 1. The maximum atomic E-state index is 13.6. The Morgan fingerprint density at radius 1 is 0.842 bits per heavy atom. The van der Waals surface area contributed by atoms with Crippen molar-refractivity contribution in [2.45, 2.75) is 37.4 Å². The molecule has 1 unspecified atom stereocenters. The van der Waals surface area contributed by atoms with Gasteiger partial charge in [0, 0.05) is 39.7 Å². The molecule has 2 heterocycles. The molecule has 7 heteroatoms. The summed E-state index contributed by atoms with van der Waals surface area (Å²) in [7, 11) is 1.63. The molecule has 2 amide bonds. The number of carbonyl (C=O) groups excluding carboxylic acids is 2. The maximum absolute atomic E-state index is 13.6. The average Bonchev–Trinajstić information content (AvgIpc) is 2.95. The minimum absolute atomic E-state index is 0.0204. The minimum atomic E-state index is -0.827. The van der Waals surface area contributed by atoms with Gasteiger partial charge in [-0.05, 0) is 48.2 Å². The summed E-state index contributed by atoms with van der Waals surface area (Å²) in [6, 6.07) is 27.1. The second-order valence-corrected chi connectivity index (χ2v) is 10.1. The van der Waals surface area contributed by atoms with Crippen LogP contribution in [0.3, 0.4) is 0 Å². The van der Waals surface area contributed by atoms with Gasteiger partial charge in [0.1, 0.15) is 23.1 Å². The lowest BCUT2D eigenvalue weighted by atomic mass is 9.81. The lowest BCUT2D eigenvalue weighted by molar-refractivity contribution is -0.162. The predicted octanol–water partition coefficient (Wildman–Crippen LogP) is 4.03. The van der Waals surface area contributed by atoms with E-state index >= 15 is 0 Å². The zero-order valence-corrected chi connectivity index (χ0v) is 21.8. The molecule has 0 radical (unpaired) electrons. The van der Waals surface area contributed by atoms with Gasteiger partial charge < -0.3 is 19.7 Å². The Hall–Kier alpha value is -3.68. The van der Waals surface area contributed by atoms with Gasteiger partial charge in [0.2, 0.25) is 11.8 Å². The van der Waals surface area contributed by atoms with Gasteiger partial charge in [-0.3, -0.25) is 14.5 Å². The van der Waals surface area contributed by atoms with E-state index in [1.165, 1.54) is 5.56 Å². The molecule has 0 aliphatic carbocycles. The first kappa shape index (κ1) is 25.9. The Bertz CT molecular complexity index is 1210. The smallest absolute Gasteiger partial charge is 0.246 e. The van der Waals surface area contributed by atoms with E-state index in [1.54, 1.807) is 12.0 Å². The van der Waals surface area contributed by atoms with Crippen molar-refractivity contribution in [2.24, 2.45) is 0 Å². The molecular weight excluding hydrogens is 478 g/mol. The van der Waals surface area contributed by atoms with Gasteiger partial charge in [-0.15, -0.1) is 0 Å². The zero-order valence-electron chi connectivity index (χ0n) is 21.8. The summed E-state index contributed by atoms with van der Waals surface area (Å²) in [5.41, 5.74) is 1.39. The van der Waals surface area contributed by atoms with Crippen LogP contribution in [0.1, 0.15) is 24.0 Å². The number of piperazine rings is 1. The van der Waals surface area contributed by atoms with Crippen molar-refractivity contribution in [3.63, 3.8) is 0 Å². The highest BCUT2D eigenvalue weighted by atomic mass is 16.5. The lowest BCUT2D eigenvalue weighted by Gasteiger charge is -2.51. The van der Waals surface area contributed by atoms with E-state index in [1.807, 2.05) is 72.8 Å². The second-order valence-electron chi connectivity index (χ2n) is 10.1. The molecule has 3 aromatic rings. The first-order valence-corrected chi connectivity index (χ1v) is 13.3. The number of ether oxygens (including phenoxy) is 2. The third-order valence-electron chi connectivity index (χ3n) is 7.60. The standard InChI is InChI=1S/C31H35N3O4/c1-37-21-20-34-29(35)28(22-24-8-4-2-5-9-24)32-30(36)31(34)16-18-33(19-17-31)23-25-12-14-27(15-13-25)38-26-10-6-3-7-11-26/h2-15,28H,16-23H2,1H3,(H,32,36). The molecule has 38 heavy (non-hydrogen) atoms. The summed E-state index contributed by atoms with van der Waals surface area (Å²) in [6.07, 6.45) is 1.68. The van der Waals surface area contributed by atoms with Gasteiger partial charge in [-0.2, -0.15) is 0 Å². The normalized spacial score (nSPS) is 19.4. The van der Waals surface area contributed by atoms with E-state index in [0.29, 0.717) is 32.4 Å². The van der Waals surface area contributed by atoms with Gasteiger partial charge in [0.05, 0.1) is 6.61 Å². The molecule has 7 nitrogen and oxygen atoms in total. The topological polar surface area (TPSA) is 71.1 Å². The van der Waals surface area contributed by atoms with Crippen LogP contribution in [-0.4, -0.2) is 66.5 Å². The first-order chi connectivity index (χ1) is 18.6. The number of nitrogens with zero attached hydrogens (tertiary/aromatic N) is 2. The molecular formula is C31H35N3O4. The van der Waals surface area contributed by atoms with Crippen molar-refractivity contribution >= 4 is 11.8 Å². The number of amides is 2. The van der Waals surface area contributed by atoms with Crippen LogP contribution >= 0.6 is 0 Å². The molecule has 2 saturated heterocycles. The number of piperidine rings is 1. The van der Waals surface area contributed by atoms with E-state index in [4.69, 9.17) is 9.47 Å². The molecule has 3 aromatic carbocycles. The van der Waals surface area contributed by atoms with Gasteiger partial charge in [-0.25, -0.2) is 0 Å². The lowest BCUT2D eigenvalue weighted by Crippen LogP contribution is -2.73. The number of benzene rings is 3. The number of hydrogen-bond donors (Lipinski definition) is 1. The predicted molar refractivity (Wildman–Crippen MR) is 146 cm³/mol. The van der Waals surface area contributed by atoms with E-state index in [-0.39, 0.29) is 11.8 Å². The van der Waals surface area contributed by atoms with E-state index in [9.17, 15) is 9.59 Å². The van der Waals surface area contributed by atoms with Crippen LogP contribution in [0.5, 0.6) is 11.5 Å². The Morgan fingerprint density at radius 2 is 1.47 bits per heavy atom. The average molecular weight is 514 g/mol. The molecule has 2 aliphatic heterocycles. The van der Waals surface area contributed by atoms with E-state index < -0.39 is 11.6 Å². The van der Waals surface area contributed by atoms with Gasteiger partial charge in [-0.1, -0.05) is 60.7 Å². The summed E-state index contributed by atoms with van der Waals surface area (Å²) in [5, 5.41) is 3.07. The van der Waals surface area contributed by atoms with Crippen LogP contribution < -0.4 is 10.1 Å². The van der Waals surface area contributed by atoms with Crippen LogP contribution in [0.2, 0.25) is 0 Å². The Morgan fingerprint density at radius 3 is 2.13 bits per heavy atom. The summed E-state index contributed by atoms with van der Waals surface area (Å²) in [5.74, 6) is 1.55. The quantitative estimate of drug-likeness (QED) is 0.468. The number of hydrogen-bond acceptors (Lipinski definition) is 5. The highest BCUT2D eigenvalue weighted by Crippen LogP contribution is 2.34. The molecule has 0 aromatic heterocycles. The van der Waals surface area contributed by atoms with Crippen molar-refractivity contribution < 1.29 is 19.1 Å². The maximum Gasteiger partial charge on any atom is 0.246 e. The van der Waals surface area contributed by atoms with Crippen LogP contribution in [0.4, 0.5) is 0 Å². The van der Waals surface area contributed by atoms with Crippen molar-refractivity contribution in [3.8, 4) is 11.5 Å². The van der Waals surface area contributed by atoms with Gasteiger partial charge in [0.25, 0.3) is 0 Å². The number of rotatable bonds is 9. The Kier molecular flexibility index (Phi) is 8.05. The third-order valence-corrected chi connectivity index (χ3v) is 7.60. The molecule has 0 bridgehead atoms. The third kappa shape index (κ3) is 5.74. The van der Waals surface area contributed by atoms with Crippen molar-refractivity contribution in [2.75, 3.05) is 33.4 Å². The number of nitrogens with one attached hydrogen (secondary N) is 1. The van der Waals surface area contributed by atoms with Gasteiger partial charge >= 0.3 is 0 Å². The van der Waals surface area contributed by atoms with Crippen LogP contribution in [0.25, 0.3) is 0 Å². The molecule has 1 N–H and O–H groups in total. The highest BCUT2D eigenvalue weighted by molar-refractivity contribution is 6.00. The van der Waals surface area contributed by atoms with Crippen LogP contribution in [0.15, 0.2) is 84.9 Å². The van der Waals surface area contributed by atoms with Gasteiger partial charge in [0.15, 0.2) is 0 Å². The molecule has 5 rings (SSSR count). The van der Waals surface area contributed by atoms with Crippen molar-refractivity contribution in [3.05, 3.63) is 96.1 Å². The van der Waals surface area contributed by atoms with E-state index in [0.717, 1.165) is 36.7 Å². The molecule has 0 saturated carbocycles. The minimum Gasteiger partial charge on any atom is -0.457 e. The second kappa shape index (κ2) is 11.8. The summed E-state index contributed by atoms with van der Waals surface area (Å²) in [6.45, 7) is 3.06. The van der Waals surface area contributed by atoms with E-state index in [2.05, 4.69) is 22.3 Å². The highest BCUT2D eigenvalue weighted by Gasteiger charge is 2.53. The number of carbonyl (C=O) groups is 2. The fraction of sp³-hybridized carbons (Fsp3) is 0.355. The molecule has 2 aliphatic rings. The Balaban J connectivity index is 1.22. The molecule has 198 valence electrons. The fourth-order valence-electron chi connectivity index (χ4n) is 5.49. The molecule has 2 fully saturated rings. The fourth-order valence-corrected chi connectivity index (χ4v) is 5.49. The monoisotopic (exact) mass is 513 g/mol. The summed E-state index contributed by atoms with van der Waals surface area (Å²) < 4.78 is 11.2. The molecule has 1 spiro atoms. The zero-order chi connectivity index (χ0) is 26.4. The van der Waals surface area contributed by atoms with Crippen molar-refractivity contribution in [1.29, 1.82) is 0 Å².